The fourth-order valence-corrected chi connectivity index (χ4v) is 6.22. The molecule has 3 atom stereocenters. The zero-order chi connectivity index (χ0) is 42.8. The predicted molar refractivity (Wildman–Crippen MR) is 235 cm³/mol. The van der Waals surface area contributed by atoms with E-state index in [2.05, 4.69) is 91.3 Å². The maximum Gasteiger partial charge on any atom is 0.472 e. The van der Waals surface area contributed by atoms with Crippen LogP contribution >= 0.6 is 7.82 Å². The number of carboxylic acid groups (broad SMARTS) is 1. The van der Waals surface area contributed by atoms with Gasteiger partial charge in [0.25, 0.3) is 0 Å². The summed E-state index contributed by atoms with van der Waals surface area (Å²) in [7, 11) is -4.73. The molecule has 0 saturated heterocycles. The van der Waals surface area contributed by atoms with Gasteiger partial charge in [-0.2, -0.15) is 0 Å². The smallest absolute Gasteiger partial charge is 0.472 e. The summed E-state index contributed by atoms with van der Waals surface area (Å²) in [5.41, 5.74) is 5.33. The van der Waals surface area contributed by atoms with Crippen LogP contribution in [0.3, 0.4) is 0 Å². The van der Waals surface area contributed by atoms with Gasteiger partial charge >= 0.3 is 25.7 Å². The number of ether oxygens (including phenoxy) is 2. The highest BCUT2D eigenvalue weighted by molar-refractivity contribution is 7.47. The molecule has 0 aromatic carbocycles. The van der Waals surface area contributed by atoms with Crippen LogP contribution in [0.5, 0.6) is 0 Å². The van der Waals surface area contributed by atoms with Gasteiger partial charge in [-0.05, 0) is 83.5 Å². The van der Waals surface area contributed by atoms with E-state index in [-0.39, 0.29) is 19.4 Å². The van der Waals surface area contributed by atoms with Crippen molar-refractivity contribution in [2.24, 2.45) is 5.73 Å². The minimum Gasteiger partial charge on any atom is -0.480 e. The first-order valence-corrected chi connectivity index (χ1v) is 23.5. The number of nitrogens with two attached hydrogens (primary N) is 1. The molecule has 0 heterocycles. The molecule has 0 saturated carbocycles. The molecule has 0 aliphatic carbocycles. The highest BCUT2D eigenvalue weighted by Crippen LogP contribution is 2.43. The minimum atomic E-state index is -4.73. The van der Waals surface area contributed by atoms with Crippen molar-refractivity contribution in [1.29, 1.82) is 0 Å². The molecule has 0 radical (unpaired) electrons. The van der Waals surface area contributed by atoms with Crippen molar-refractivity contribution in [2.75, 3.05) is 19.8 Å². The normalized spacial score (nSPS) is 14.4. The number of carboxylic acids is 1. The van der Waals surface area contributed by atoms with Gasteiger partial charge in [0.2, 0.25) is 0 Å². The highest BCUT2D eigenvalue weighted by atomic mass is 31.2. The van der Waals surface area contributed by atoms with Crippen molar-refractivity contribution in [3.05, 3.63) is 72.9 Å². The van der Waals surface area contributed by atoms with Crippen molar-refractivity contribution in [3.8, 4) is 0 Å². The van der Waals surface area contributed by atoms with Crippen LogP contribution in [-0.2, 0) is 37.5 Å². The van der Waals surface area contributed by atoms with E-state index in [1.54, 1.807) is 0 Å². The summed E-state index contributed by atoms with van der Waals surface area (Å²) in [4.78, 5) is 46.0. The van der Waals surface area contributed by atoms with Crippen LogP contribution in [0.2, 0.25) is 0 Å². The van der Waals surface area contributed by atoms with Crippen molar-refractivity contribution < 1.29 is 47.5 Å². The van der Waals surface area contributed by atoms with Crippen LogP contribution in [0.1, 0.15) is 168 Å². The Kier molecular flexibility index (Phi) is 38.5. The second-order valence-corrected chi connectivity index (χ2v) is 15.9. The van der Waals surface area contributed by atoms with Crippen LogP contribution in [0.25, 0.3) is 0 Å². The molecule has 0 aromatic heterocycles. The van der Waals surface area contributed by atoms with E-state index in [4.69, 9.17) is 24.8 Å². The fourth-order valence-electron chi connectivity index (χ4n) is 5.44. The van der Waals surface area contributed by atoms with E-state index in [0.29, 0.717) is 12.8 Å². The third-order valence-electron chi connectivity index (χ3n) is 8.91. The van der Waals surface area contributed by atoms with Crippen molar-refractivity contribution in [2.45, 2.75) is 180 Å². The summed E-state index contributed by atoms with van der Waals surface area (Å²) in [6.45, 7) is 2.66. The lowest BCUT2D eigenvalue weighted by Crippen LogP contribution is -2.34. The Morgan fingerprint density at radius 3 is 1.45 bits per heavy atom. The van der Waals surface area contributed by atoms with E-state index in [0.717, 1.165) is 83.5 Å². The topological polar surface area (TPSA) is 172 Å². The lowest BCUT2D eigenvalue weighted by Gasteiger charge is -2.20. The molecule has 332 valence electrons. The average Bonchev–Trinajstić information content (AvgIpc) is 3.20. The Bertz CT molecular complexity index is 1260. The van der Waals surface area contributed by atoms with Crippen LogP contribution in [-0.4, -0.2) is 59.9 Å². The standard InChI is InChI=1S/C46H78NO10P/c1-3-5-7-9-11-13-15-17-19-21-23-25-27-29-31-33-35-37-44(48)54-39-42(40-55-58(52,53)56-41-43(47)46(50)51)57-45(49)38-36-34-32-30-28-26-24-22-20-18-16-14-12-10-8-6-4-2/h7,9,12-15,18-21,25,27,42-43H,3-6,8,10-11,16-17,22-24,26,28-41,47H2,1-2H3,(H,50,51)(H,52,53)/b9-7+,14-12+,15-13+,20-18+,21-19+,27-25+/t42-,43+/m1/s1. The van der Waals surface area contributed by atoms with E-state index < -0.39 is 51.1 Å². The number of phosphoric ester groups is 1. The van der Waals surface area contributed by atoms with Gasteiger partial charge in [-0.1, -0.05) is 145 Å². The van der Waals surface area contributed by atoms with Gasteiger partial charge in [0, 0.05) is 12.8 Å². The second-order valence-electron chi connectivity index (χ2n) is 14.5. The molecular weight excluding hydrogens is 757 g/mol. The number of unbranched alkanes of at least 4 members (excludes halogenated alkanes) is 14. The van der Waals surface area contributed by atoms with Gasteiger partial charge in [-0.15, -0.1) is 0 Å². The summed E-state index contributed by atoms with van der Waals surface area (Å²) in [6, 6.07) is -1.53. The molecule has 1 unspecified atom stereocenters. The number of rotatable bonds is 40. The molecule has 12 heteroatoms. The summed E-state index contributed by atoms with van der Waals surface area (Å²) in [6.07, 6.45) is 48.1. The van der Waals surface area contributed by atoms with Gasteiger partial charge in [0.1, 0.15) is 12.6 Å². The summed E-state index contributed by atoms with van der Waals surface area (Å²) in [5, 5.41) is 8.89. The number of carbonyl (C=O) groups excluding carboxylic acids is 2. The van der Waals surface area contributed by atoms with Gasteiger partial charge in [-0.25, -0.2) is 4.57 Å². The quantitative estimate of drug-likeness (QED) is 0.0232. The van der Waals surface area contributed by atoms with Crippen LogP contribution in [0.4, 0.5) is 0 Å². The largest absolute Gasteiger partial charge is 0.480 e. The molecule has 0 aliphatic rings. The molecule has 0 aliphatic heterocycles. The Balaban J connectivity index is 4.44. The van der Waals surface area contributed by atoms with E-state index in [1.165, 1.54) is 44.9 Å². The molecule has 0 spiro atoms. The lowest BCUT2D eigenvalue weighted by atomic mass is 10.1. The molecule has 0 rings (SSSR count). The SMILES string of the molecule is CCC/C=C/C/C=C/C/C=C/C/C=C/CCCCCC(=O)OC[C@H](COP(=O)(O)OC[C@H](N)C(=O)O)OC(=O)CCCCCCCCC/C=C/C/C=C/CCCCC. The minimum absolute atomic E-state index is 0.141. The number of aliphatic carboxylic acids is 1. The maximum atomic E-state index is 12.6. The second kappa shape index (κ2) is 40.7. The zero-order valence-electron chi connectivity index (χ0n) is 35.9. The Morgan fingerprint density at radius 1 is 0.534 bits per heavy atom. The Morgan fingerprint density at radius 2 is 0.948 bits per heavy atom. The third-order valence-corrected chi connectivity index (χ3v) is 9.86. The number of allylic oxidation sites excluding steroid dienone is 12. The molecule has 0 bridgehead atoms. The molecule has 11 nitrogen and oxygen atoms in total. The Labute approximate surface area is 350 Å². The number of esters is 2. The first kappa shape index (κ1) is 54.9. The summed E-state index contributed by atoms with van der Waals surface area (Å²) in [5.74, 6) is -2.44. The van der Waals surface area contributed by atoms with Crippen LogP contribution in [0, 0.1) is 0 Å². The van der Waals surface area contributed by atoms with E-state index in [1.807, 2.05) is 0 Å². The molecule has 0 fully saturated rings. The summed E-state index contributed by atoms with van der Waals surface area (Å²) >= 11 is 0. The number of carbonyl (C=O) groups is 3. The Hall–Kier alpha value is -3.08. The first-order chi connectivity index (χ1) is 28.1. The molecule has 58 heavy (non-hydrogen) atoms. The first-order valence-electron chi connectivity index (χ1n) is 22.0. The van der Waals surface area contributed by atoms with Crippen molar-refractivity contribution in [1.82, 2.24) is 0 Å². The molecule has 0 amide bonds. The van der Waals surface area contributed by atoms with Gasteiger partial charge < -0.3 is 25.2 Å². The average molecular weight is 836 g/mol. The van der Waals surface area contributed by atoms with Gasteiger partial charge in [0.05, 0.1) is 13.2 Å². The fraction of sp³-hybridized carbons (Fsp3) is 0.674. The number of phosphoric acid groups is 1. The molecule has 4 N–H and O–H groups in total. The predicted octanol–water partition coefficient (Wildman–Crippen LogP) is 11.7. The summed E-state index contributed by atoms with van der Waals surface area (Å²) < 4.78 is 32.7. The van der Waals surface area contributed by atoms with Crippen LogP contribution < -0.4 is 5.73 Å². The van der Waals surface area contributed by atoms with Crippen molar-refractivity contribution >= 4 is 25.7 Å². The van der Waals surface area contributed by atoms with Crippen molar-refractivity contribution in [3.63, 3.8) is 0 Å². The van der Waals surface area contributed by atoms with E-state index in [9.17, 15) is 23.8 Å². The van der Waals surface area contributed by atoms with Crippen LogP contribution in [0.15, 0.2) is 72.9 Å². The number of hydrogen-bond acceptors (Lipinski definition) is 9. The lowest BCUT2D eigenvalue weighted by molar-refractivity contribution is -0.161. The molecular formula is C46H78NO10P. The van der Waals surface area contributed by atoms with Gasteiger partial charge in [0.15, 0.2) is 6.10 Å². The maximum absolute atomic E-state index is 12.6. The third kappa shape index (κ3) is 39.7. The highest BCUT2D eigenvalue weighted by Gasteiger charge is 2.28. The van der Waals surface area contributed by atoms with E-state index >= 15 is 0 Å². The molecule has 0 aromatic rings. The zero-order valence-corrected chi connectivity index (χ0v) is 36.8. The van der Waals surface area contributed by atoms with Gasteiger partial charge in [-0.3, -0.25) is 23.4 Å². The monoisotopic (exact) mass is 836 g/mol. The number of hydrogen-bond donors (Lipinski definition) is 3.